The third-order valence-corrected chi connectivity index (χ3v) is 3.32. The van der Waals surface area contributed by atoms with Crippen molar-refractivity contribution in [3.63, 3.8) is 0 Å². The molecule has 0 aliphatic heterocycles. The van der Waals surface area contributed by atoms with E-state index in [0.29, 0.717) is 11.3 Å². The molecule has 2 aromatic carbocycles. The quantitative estimate of drug-likeness (QED) is 0.571. The molecule has 0 amide bonds. The van der Waals surface area contributed by atoms with Crippen molar-refractivity contribution in [3.05, 3.63) is 78.2 Å². The van der Waals surface area contributed by atoms with Crippen molar-refractivity contribution in [2.24, 2.45) is 0 Å². The Morgan fingerprint density at radius 1 is 0.957 bits per heavy atom. The molecule has 0 spiro atoms. The number of nitrogens with zero attached hydrogens (tertiary/aromatic N) is 2. The largest absolute Gasteiger partial charge is 0.502 e. The maximum atomic E-state index is 10.9. The topological polar surface area (TPSA) is 75.3 Å². The summed E-state index contributed by atoms with van der Waals surface area (Å²) in [6.45, 7) is 0. The van der Waals surface area contributed by atoms with Crippen molar-refractivity contribution < 1.29 is 15.0 Å². The minimum absolute atomic E-state index is 0.528. The molecule has 5 heteroatoms. The van der Waals surface area contributed by atoms with Gasteiger partial charge in [0.15, 0.2) is 0 Å². The highest BCUT2D eigenvalue weighted by atomic mass is 16.4. The maximum Gasteiger partial charge on any atom is 0.370 e. The van der Waals surface area contributed by atoms with E-state index in [1.807, 2.05) is 60.7 Å². The van der Waals surface area contributed by atoms with Gasteiger partial charge in [-0.15, -0.1) is 0 Å². The van der Waals surface area contributed by atoms with Crippen molar-refractivity contribution >= 4 is 12.0 Å². The summed E-state index contributed by atoms with van der Waals surface area (Å²) in [4.78, 5) is 10.9. The van der Waals surface area contributed by atoms with Gasteiger partial charge in [0.25, 0.3) is 0 Å². The smallest absolute Gasteiger partial charge is 0.370 e. The molecule has 0 fully saturated rings. The maximum absolute atomic E-state index is 10.9. The highest BCUT2D eigenvalue weighted by molar-refractivity contribution is 5.90. The first kappa shape index (κ1) is 14.6. The summed E-state index contributed by atoms with van der Waals surface area (Å²) in [6.07, 6.45) is 2.90. The highest BCUT2D eigenvalue weighted by Gasteiger charge is 2.13. The number of rotatable bonds is 4. The lowest BCUT2D eigenvalue weighted by atomic mass is 10.1. The zero-order valence-corrected chi connectivity index (χ0v) is 12.1. The molecule has 0 atom stereocenters. The van der Waals surface area contributed by atoms with E-state index in [4.69, 9.17) is 5.11 Å². The van der Waals surface area contributed by atoms with Crippen LogP contribution in [0.3, 0.4) is 0 Å². The van der Waals surface area contributed by atoms with E-state index in [9.17, 15) is 9.90 Å². The number of carboxylic acids is 1. The van der Waals surface area contributed by atoms with Crippen LogP contribution >= 0.6 is 0 Å². The van der Waals surface area contributed by atoms with Crippen molar-refractivity contribution in [2.75, 3.05) is 0 Å². The molecule has 0 saturated carbocycles. The summed E-state index contributed by atoms with van der Waals surface area (Å²) < 4.78 is 1.66. The van der Waals surface area contributed by atoms with Crippen LogP contribution in [0.4, 0.5) is 0 Å². The van der Waals surface area contributed by atoms with Crippen LogP contribution in [0.1, 0.15) is 5.56 Å². The van der Waals surface area contributed by atoms with E-state index >= 15 is 0 Å². The molecule has 1 aromatic heterocycles. The lowest BCUT2D eigenvalue weighted by Gasteiger charge is -2.00. The zero-order valence-electron chi connectivity index (χ0n) is 12.1. The fraction of sp³-hybridized carbons (Fsp3) is 0. The van der Waals surface area contributed by atoms with E-state index < -0.39 is 11.7 Å². The Balaban J connectivity index is 2.15. The van der Waals surface area contributed by atoms with Crippen molar-refractivity contribution in [1.82, 2.24) is 9.78 Å². The van der Waals surface area contributed by atoms with Gasteiger partial charge in [-0.1, -0.05) is 48.5 Å². The van der Waals surface area contributed by atoms with Crippen LogP contribution in [0.15, 0.2) is 72.6 Å². The van der Waals surface area contributed by atoms with Crippen LogP contribution < -0.4 is 0 Å². The van der Waals surface area contributed by atoms with Gasteiger partial charge in [-0.2, -0.15) is 5.10 Å². The van der Waals surface area contributed by atoms with Crippen molar-refractivity contribution in [3.8, 4) is 16.9 Å². The third kappa shape index (κ3) is 3.13. The standard InChI is InChI=1S/C18H14N2O3/c21-16(18(22)23)11-14-12-20(15-9-5-2-6-10-15)19-17(14)13-7-3-1-4-8-13/h1-12,21H,(H,22,23). The first-order chi connectivity index (χ1) is 11.1. The average Bonchev–Trinajstić information content (AvgIpc) is 3.00. The SMILES string of the molecule is O=C(O)C(O)=Cc1cn(-c2ccccc2)nc1-c1ccccc1. The number of para-hydroxylation sites is 1. The number of hydrogen-bond acceptors (Lipinski definition) is 3. The predicted molar refractivity (Wildman–Crippen MR) is 87.2 cm³/mol. The average molecular weight is 306 g/mol. The Hall–Kier alpha value is -3.34. The van der Waals surface area contributed by atoms with Crippen LogP contribution in [0.2, 0.25) is 0 Å². The summed E-state index contributed by atoms with van der Waals surface area (Å²) in [6, 6.07) is 18.9. The molecule has 23 heavy (non-hydrogen) atoms. The molecule has 0 aliphatic rings. The number of aliphatic carboxylic acids is 1. The first-order valence-corrected chi connectivity index (χ1v) is 6.99. The first-order valence-electron chi connectivity index (χ1n) is 6.99. The van der Waals surface area contributed by atoms with Crippen molar-refractivity contribution in [1.29, 1.82) is 0 Å². The van der Waals surface area contributed by atoms with Gasteiger partial charge in [0.1, 0.15) is 5.69 Å². The molecule has 1 heterocycles. The van der Waals surface area contributed by atoms with Gasteiger partial charge >= 0.3 is 5.97 Å². The number of aliphatic hydroxyl groups is 1. The van der Waals surface area contributed by atoms with Gasteiger partial charge in [0.2, 0.25) is 5.76 Å². The molecule has 3 aromatic rings. The van der Waals surface area contributed by atoms with Gasteiger partial charge < -0.3 is 10.2 Å². The van der Waals surface area contributed by atoms with Gasteiger partial charge in [0.05, 0.1) is 5.69 Å². The third-order valence-electron chi connectivity index (χ3n) is 3.32. The lowest BCUT2D eigenvalue weighted by Crippen LogP contribution is -1.98. The fourth-order valence-electron chi connectivity index (χ4n) is 2.24. The molecule has 114 valence electrons. The molecule has 0 radical (unpaired) electrons. The molecule has 2 N–H and O–H groups in total. The Kier molecular flexibility index (Phi) is 3.93. The van der Waals surface area contributed by atoms with Crippen LogP contribution in [0, 0.1) is 0 Å². The normalized spacial score (nSPS) is 11.4. The number of carboxylic acid groups (broad SMARTS) is 1. The number of aliphatic hydroxyl groups excluding tert-OH is 1. The van der Waals surface area contributed by atoms with Crippen LogP contribution in [0.5, 0.6) is 0 Å². The van der Waals surface area contributed by atoms with Gasteiger partial charge in [-0.05, 0) is 18.2 Å². The van der Waals surface area contributed by atoms with Crippen LogP contribution in [0.25, 0.3) is 23.0 Å². The Morgan fingerprint density at radius 3 is 2.17 bits per heavy atom. The van der Waals surface area contributed by atoms with Gasteiger partial charge in [-0.25, -0.2) is 9.48 Å². The number of hydrogen-bond donors (Lipinski definition) is 2. The summed E-state index contributed by atoms with van der Waals surface area (Å²) >= 11 is 0. The van der Waals surface area contributed by atoms with Crippen molar-refractivity contribution in [2.45, 2.75) is 0 Å². The number of benzene rings is 2. The highest BCUT2D eigenvalue weighted by Crippen LogP contribution is 2.25. The Morgan fingerprint density at radius 2 is 1.57 bits per heavy atom. The minimum atomic E-state index is -1.38. The molecule has 0 saturated heterocycles. The second-order valence-corrected chi connectivity index (χ2v) is 4.91. The second-order valence-electron chi connectivity index (χ2n) is 4.91. The van der Waals surface area contributed by atoms with E-state index in [2.05, 4.69) is 5.10 Å². The van der Waals surface area contributed by atoms with E-state index in [1.54, 1.807) is 10.9 Å². The van der Waals surface area contributed by atoms with E-state index in [-0.39, 0.29) is 0 Å². The predicted octanol–water partition coefficient (Wildman–Crippen LogP) is 3.52. The molecular weight excluding hydrogens is 292 g/mol. The molecular formula is C18H14N2O3. The van der Waals surface area contributed by atoms with E-state index in [1.165, 1.54) is 6.08 Å². The molecule has 0 unspecified atom stereocenters. The molecule has 0 aliphatic carbocycles. The lowest BCUT2D eigenvalue weighted by molar-refractivity contribution is -0.135. The Labute approximate surface area is 132 Å². The molecule has 0 bridgehead atoms. The van der Waals surface area contributed by atoms with Gasteiger partial charge in [0, 0.05) is 17.3 Å². The van der Waals surface area contributed by atoms with Crippen LogP contribution in [-0.2, 0) is 4.79 Å². The van der Waals surface area contributed by atoms with Gasteiger partial charge in [-0.3, -0.25) is 0 Å². The molecule has 5 nitrogen and oxygen atoms in total. The number of carbonyl (C=O) groups is 1. The second kappa shape index (κ2) is 6.19. The number of aromatic nitrogens is 2. The Bertz CT molecular complexity index is 852. The summed E-state index contributed by atoms with van der Waals surface area (Å²) in [5.74, 6) is -2.11. The van der Waals surface area contributed by atoms with Crippen LogP contribution in [-0.4, -0.2) is 26.0 Å². The summed E-state index contributed by atoms with van der Waals surface area (Å²) in [7, 11) is 0. The zero-order chi connectivity index (χ0) is 16.2. The summed E-state index contributed by atoms with van der Waals surface area (Å²) in [5, 5.41) is 23.0. The monoisotopic (exact) mass is 306 g/mol. The minimum Gasteiger partial charge on any atom is -0.502 e. The summed E-state index contributed by atoms with van der Waals surface area (Å²) in [5.41, 5.74) is 2.81. The fourth-order valence-corrected chi connectivity index (χ4v) is 2.24. The van der Waals surface area contributed by atoms with E-state index in [0.717, 1.165) is 11.3 Å². The molecule has 3 rings (SSSR count).